The average Bonchev–Trinajstić information content (AvgIpc) is 2.62. The monoisotopic (exact) mass is 360 g/mol. The van der Waals surface area contributed by atoms with Crippen molar-refractivity contribution in [3.63, 3.8) is 0 Å². The molecule has 0 fully saturated rings. The number of carbonyl (C=O) groups excluding carboxylic acids is 2. The molecule has 1 aromatic carbocycles. The SMILES string of the molecule is CNC(=O)c1cccc(NC(=O)N[C@H]2CCOc3c(Cl)cccc32)n1. The van der Waals surface area contributed by atoms with Crippen LogP contribution in [0.3, 0.4) is 0 Å². The van der Waals surface area contributed by atoms with Crippen LogP contribution in [0.25, 0.3) is 0 Å². The molecular formula is C17H17ClN4O3. The van der Waals surface area contributed by atoms with Crippen molar-refractivity contribution in [1.82, 2.24) is 15.6 Å². The lowest BCUT2D eigenvalue weighted by Crippen LogP contribution is -2.35. The second-order valence-corrected chi connectivity index (χ2v) is 5.84. The van der Waals surface area contributed by atoms with E-state index >= 15 is 0 Å². The number of nitrogens with one attached hydrogen (secondary N) is 3. The zero-order chi connectivity index (χ0) is 17.8. The van der Waals surface area contributed by atoms with Crippen LogP contribution in [0.15, 0.2) is 36.4 Å². The highest BCUT2D eigenvalue weighted by molar-refractivity contribution is 6.32. The van der Waals surface area contributed by atoms with E-state index in [9.17, 15) is 9.59 Å². The Kier molecular flexibility index (Phi) is 5.04. The van der Waals surface area contributed by atoms with Crippen LogP contribution < -0.4 is 20.7 Å². The fourth-order valence-electron chi connectivity index (χ4n) is 2.61. The maximum atomic E-state index is 12.3. The molecule has 3 amide bonds. The van der Waals surface area contributed by atoms with Crippen LogP contribution in [0, 0.1) is 0 Å². The predicted molar refractivity (Wildman–Crippen MR) is 94.1 cm³/mol. The highest BCUT2D eigenvalue weighted by Gasteiger charge is 2.24. The van der Waals surface area contributed by atoms with Crippen molar-refractivity contribution in [2.75, 3.05) is 19.0 Å². The first-order valence-corrected chi connectivity index (χ1v) is 8.14. The molecule has 25 heavy (non-hydrogen) atoms. The molecule has 2 aromatic rings. The third-order valence-electron chi connectivity index (χ3n) is 3.78. The lowest BCUT2D eigenvalue weighted by Gasteiger charge is -2.27. The number of hydrogen-bond donors (Lipinski definition) is 3. The number of para-hydroxylation sites is 1. The molecule has 1 aliphatic heterocycles. The molecule has 8 heteroatoms. The first kappa shape index (κ1) is 17.0. The van der Waals surface area contributed by atoms with Crippen LogP contribution >= 0.6 is 11.6 Å². The number of fused-ring (bicyclic) bond motifs is 1. The van der Waals surface area contributed by atoms with Gasteiger partial charge in [-0.1, -0.05) is 29.8 Å². The Bertz CT molecular complexity index is 812. The number of anilines is 1. The summed E-state index contributed by atoms with van der Waals surface area (Å²) >= 11 is 6.13. The van der Waals surface area contributed by atoms with Gasteiger partial charge in [-0.3, -0.25) is 10.1 Å². The van der Waals surface area contributed by atoms with E-state index in [1.807, 2.05) is 12.1 Å². The van der Waals surface area contributed by atoms with E-state index in [1.165, 1.54) is 7.05 Å². The molecule has 1 aromatic heterocycles. The van der Waals surface area contributed by atoms with E-state index in [0.29, 0.717) is 23.8 Å². The van der Waals surface area contributed by atoms with Gasteiger partial charge in [0.1, 0.15) is 17.3 Å². The highest BCUT2D eigenvalue weighted by atomic mass is 35.5. The van der Waals surface area contributed by atoms with Crippen molar-refractivity contribution in [3.8, 4) is 5.75 Å². The fourth-order valence-corrected chi connectivity index (χ4v) is 2.84. The Morgan fingerprint density at radius 2 is 2.04 bits per heavy atom. The Labute approximate surface area is 149 Å². The van der Waals surface area contributed by atoms with Crippen LogP contribution in [0.1, 0.15) is 28.5 Å². The summed E-state index contributed by atoms with van der Waals surface area (Å²) in [4.78, 5) is 28.0. The number of ether oxygens (including phenoxy) is 1. The van der Waals surface area contributed by atoms with E-state index in [2.05, 4.69) is 20.9 Å². The van der Waals surface area contributed by atoms with E-state index in [4.69, 9.17) is 16.3 Å². The molecule has 130 valence electrons. The minimum atomic E-state index is -0.417. The number of aromatic nitrogens is 1. The maximum absolute atomic E-state index is 12.3. The molecule has 1 aliphatic rings. The standard InChI is InChI=1S/C17H17ClN4O3/c1-19-16(23)13-6-3-7-14(20-13)22-17(24)21-12-8-9-25-15-10(12)4-2-5-11(15)18/h2-7,12H,8-9H2,1H3,(H,19,23)(H2,20,21,22,24)/t12-/m0/s1. The minimum Gasteiger partial charge on any atom is -0.492 e. The molecule has 0 bridgehead atoms. The van der Waals surface area contributed by atoms with E-state index in [-0.39, 0.29) is 23.5 Å². The number of urea groups is 1. The summed E-state index contributed by atoms with van der Waals surface area (Å²) in [7, 11) is 1.52. The molecule has 0 saturated carbocycles. The molecule has 0 unspecified atom stereocenters. The summed E-state index contributed by atoms with van der Waals surface area (Å²) in [6.45, 7) is 0.464. The van der Waals surface area contributed by atoms with Crippen molar-refractivity contribution < 1.29 is 14.3 Å². The van der Waals surface area contributed by atoms with Crippen LogP contribution in [0.4, 0.5) is 10.6 Å². The molecule has 1 atom stereocenters. The third-order valence-corrected chi connectivity index (χ3v) is 4.08. The van der Waals surface area contributed by atoms with E-state index in [0.717, 1.165) is 5.56 Å². The third kappa shape index (κ3) is 3.83. The van der Waals surface area contributed by atoms with Gasteiger partial charge >= 0.3 is 6.03 Å². The van der Waals surface area contributed by atoms with Gasteiger partial charge in [0, 0.05) is 19.0 Å². The molecule has 0 aliphatic carbocycles. The molecule has 3 N–H and O–H groups in total. The lowest BCUT2D eigenvalue weighted by atomic mass is 10.0. The van der Waals surface area contributed by atoms with Gasteiger partial charge in [-0.2, -0.15) is 0 Å². The van der Waals surface area contributed by atoms with Gasteiger partial charge in [0.2, 0.25) is 0 Å². The predicted octanol–water partition coefficient (Wildman–Crippen LogP) is 2.74. The van der Waals surface area contributed by atoms with Crippen molar-refractivity contribution in [1.29, 1.82) is 0 Å². The van der Waals surface area contributed by atoms with Crippen LogP contribution in [-0.4, -0.2) is 30.6 Å². The Balaban J connectivity index is 1.70. The lowest BCUT2D eigenvalue weighted by molar-refractivity contribution is 0.0958. The number of pyridine rings is 1. The summed E-state index contributed by atoms with van der Waals surface area (Å²) in [5.74, 6) is 0.564. The molecule has 7 nitrogen and oxygen atoms in total. The second kappa shape index (κ2) is 7.40. The summed E-state index contributed by atoms with van der Waals surface area (Å²) in [5.41, 5.74) is 1.06. The molecule has 0 saturated heterocycles. The Morgan fingerprint density at radius 1 is 1.24 bits per heavy atom. The van der Waals surface area contributed by atoms with E-state index in [1.54, 1.807) is 24.3 Å². The van der Waals surface area contributed by atoms with Gasteiger partial charge in [0.05, 0.1) is 17.7 Å². The number of carbonyl (C=O) groups is 2. The number of benzene rings is 1. The normalized spacial score (nSPS) is 15.5. The Morgan fingerprint density at radius 3 is 2.84 bits per heavy atom. The quantitative estimate of drug-likeness (QED) is 0.784. The zero-order valence-corrected chi connectivity index (χ0v) is 14.3. The summed E-state index contributed by atoms with van der Waals surface area (Å²) in [6, 6.07) is 9.63. The van der Waals surface area contributed by atoms with Crippen LogP contribution in [0.2, 0.25) is 5.02 Å². The smallest absolute Gasteiger partial charge is 0.320 e. The first-order chi connectivity index (χ1) is 12.1. The van der Waals surface area contributed by atoms with Crippen molar-refractivity contribution >= 4 is 29.4 Å². The second-order valence-electron chi connectivity index (χ2n) is 5.43. The van der Waals surface area contributed by atoms with Gasteiger partial charge in [0.15, 0.2) is 0 Å². The number of nitrogens with zero attached hydrogens (tertiary/aromatic N) is 1. The maximum Gasteiger partial charge on any atom is 0.320 e. The van der Waals surface area contributed by atoms with Gasteiger partial charge < -0.3 is 15.4 Å². The van der Waals surface area contributed by atoms with Crippen LogP contribution in [-0.2, 0) is 0 Å². The fraction of sp³-hybridized carbons (Fsp3) is 0.235. The average molecular weight is 361 g/mol. The molecule has 3 rings (SSSR count). The summed E-state index contributed by atoms with van der Waals surface area (Å²) in [6.07, 6.45) is 0.631. The van der Waals surface area contributed by atoms with Gasteiger partial charge in [-0.05, 0) is 18.2 Å². The molecule has 0 radical (unpaired) electrons. The largest absolute Gasteiger partial charge is 0.492 e. The van der Waals surface area contributed by atoms with Crippen molar-refractivity contribution in [2.45, 2.75) is 12.5 Å². The number of halogens is 1. The van der Waals surface area contributed by atoms with Gasteiger partial charge in [-0.25, -0.2) is 9.78 Å². The summed E-state index contributed by atoms with van der Waals surface area (Å²) < 4.78 is 5.58. The molecule has 2 heterocycles. The molecule has 0 spiro atoms. The van der Waals surface area contributed by atoms with Crippen molar-refractivity contribution in [2.24, 2.45) is 0 Å². The Hall–Kier alpha value is -2.80. The van der Waals surface area contributed by atoms with Gasteiger partial charge in [0.25, 0.3) is 5.91 Å². The number of amides is 3. The van der Waals surface area contributed by atoms with Gasteiger partial charge in [-0.15, -0.1) is 0 Å². The summed E-state index contributed by atoms with van der Waals surface area (Å²) in [5, 5.41) is 8.53. The highest BCUT2D eigenvalue weighted by Crippen LogP contribution is 2.37. The number of rotatable bonds is 3. The minimum absolute atomic E-state index is 0.218. The van der Waals surface area contributed by atoms with Crippen molar-refractivity contribution in [3.05, 3.63) is 52.7 Å². The topological polar surface area (TPSA) is 92.4 Å². The molecular weight excluding hydrogens is 344 g/mol. The van der Waals surface area contributed by atoms with E-state index < -0.39 is 6.03 Å². The first-order valence-electron chi connectivity index (χ1n) is 7.76. The zero-order valence-electron chi connectivity index (χ0n) is 13.5. The number of hydrogen-bond acceptors (Lipinski definition) is 4. The van der Waals surface area contributed by atoms with Crippen LogP contribution in [0.5, 0.6) is 5.75 Å².